The second kappa shape index (κ2) is 11.5. The van der Waals surface area contributed by atoms with E-state index in [4.69, 9.17) is 16.3 Å². The molecule has 2 rings (SSSR count). The maximum atomic E-state index is 13.0. The number of hydrogen-bond donors (Lipinski definition) is 1. The molecule has 2 amide bonds. The topological polar surface area (TPSA) is 58.6 Å². The number of ether oxygens (including phenoxy) is 1. The first kappa shape index (κ1) is 22.8. The second-order valence-corrected chi connectivity index (χ2v) is 7.46. The molecular weight excluding hydrogens is 388 g/mol. The number of aryl methyl sites for hydroxylation is 1. The average Bonchev–Trinajstić information content (AvgIpc) is 2.71. The minimum Gasteiger partial charge on any atom is -0.484 e. The molecule has 0 aromatic heterocycles. The Morgan fingerprint density at radius 3 is 2.62 bits per heavy atom. The van der Waals surface area contributed by atoms with Crippen LogP contribution in [0.5, 0.6) is 5.75 Å². The van der Waals surface area contributed by atoms with Gasteiger partial charge in [0.2, 0.25) is 5.91 Å². The summed E-state index contributed by atoms with van der Waals surface area (Å²) in [7, 11) is 0. The van der Waals surface area contributed by atoms with Gasteiger partial charge in [0.1, 0.15) is 11.8 Å². The van der Waals surface area contributed by atoms with E-state index in [0.717, 1.165) is 24.0 Å². The molecule has 2 aromatic carbocycles. The summed E-state index contributed by atoms with van der Waals surface area (Å²) in [4.78, 5) is 27.1. The summed E-state index contributed by atoms with van der Waals surface area (Å²) in [6.45, 7) is 6.45. The van der Waals surface area contributed by atoms with Crippen molar-refractivity contribution in [3.05, 3.63) is 64.7 Å². The number of amides is 2. The molecule has 0 saturated heterocycles. The van der Waals surface area contributed by atoms with Crippen LogP contribution in [-0.4, -0.2) is 35.9 Å². The zero-order valence-corrected chi connectivity index (χ0v) is 18.0. The van der Waals surface area contributed by atoms with Crippen LogP contribution in [0.25, 0.3) is 0 Å². The van der Waals surface area contributed by atoms with Gasteiger partial charge in [-0.15, -0.1) is 0 Å². The molecule has 1 atom stereocenters. The zero-order valence-electron chi connectivity index (χ0n) is 17.3. The van der Waals surface area contributed by atoms with Crippen LogP contribution >= 0.6 is 11.6 Å². The number of hydrogen-bond acceptors (Lipinski definition) is 3. The number of unbranched alkanes of at least 4 members (excludes halogenated alkanes) is 1. The molecule has 0 aliphatic heterocycles. The Kier molecular flexibility index (Phi) is 9.00. The van der Waals surface area contributed by atoms with Gasteiger partial charge in [-0.05, 0) is 49.6 Å². The number of carbonyl (C=O) groups is 2. The Bertz CT molecular complexity index is 825. The Morgan fingerprint density at radius 2 is 1.93 bits per heavy atom. The van der Waals surface area contributed by atoms with Crippen LogP contribution < -0.4 is 10.1 Å². The van der Waals surface area contributed by atoms with E-state index in [1.165, 1.54) is 4.90 Å². The Morgan fingerprint density at radius 1 is 1.17 bits per heavy atom. The number of nitrogens with zero attached hydrogens (tertiary/aromatic N) is 1. The standard InChI is InChI=1S/C23H29ClN2O3/c1-4-5-13-25-23(28)18(3)26(15-19-10-8-11-20(24)14-19)22(27)16-29-21-12-7-6-9-17(21)2/h6-12,14,18H,4-5,13,15-16H2,1-3H3,(H,25,28)/t18-/m0/s1. The highest BCUT2D eigenvalue weighted by atomic mass is 35.5. The molecule has 0 radical (unpaired) electrons. The fourth-order valence-corrected chi connectivity index (χ4v) is 3.10. The van der Waals surface area contributed by atoms with E-state index in [-0.39, 0.29) is 25.0 Å². The first-order valence-corrected chi connectivity index (χ1v) is 10.3. The minimum atomic E-state index is -0.626. The third kappa shape index (κ3) is 7.09. The van der Waals surface area contributed by atoms with E-state index in [9.17, 15) is 9.59 Å². The summed E-state index contributed by atoms with van der Waals surface area (Å²) in [5.41, 5.74) is 1.81. The van der Waals surface area contributed by atoms with Crippen molar-refractivity contribution >= 4 is 23.4 Å². The number of rotatable bonds is 10. The lowest BCUT2D eigenvalue weighted by molar-refractivity contribution is -0.142. The number of carbonyl (C=O) groups excluding carboxylic acids is 2. The Hall–Kier alpha value is -2.53. The molecule has 6 heteroatoms. The van der Waals surface area contributed by atoms with Gasteiger partial charge in [0.15, 0.2) is 6.61 Å². The molecular formula is C23H29ClN2O3. The Labute approximate surface area is 178 Å². The highest BCUT2D eigenvalue weighted by molar-refractivity contribution is 6.30. The molecule has 156 valence electrons. The summed E-state index contributed by atoms with van der Waals surface area (Å²) in [6, 6.07) is 14.2. The molecule has 0 fully saturated rings. The molecule has 0 heterocycles. The van der Waals surface area contributed by atoms with E-state index >= 15 is 0 Å². The number of para-hydroxylation sites is 1. The van der Waals surface area contributed by atoms with Crippen molar-refractivity contribution in [2.45, 2.75) is 46.2 Å². The summed E-state index contributed by atoms with van der Waals surface area (Å²) in [6.07, 6.45) is 1.89. The van der Waals surface area contributed by atoms with Crippen LogP contribution in [0, 0.1) is 6.92 Å². The normalized spacial score (nSPS) is 11.6. The van der Waals surface area contributed by atoms with Gasteiger partial charge in [0.05, 0.1) is 0 Å². The molecule has 0 unspecified atom stereocenters. The monoisotopic (exact) mass is 416 g/mol. The van der Waals surface area contributed by atoms with E-state index in [1.807, 2.05) is 43.3 Å². The van der Waals surface area contributed by atoms with E-state index < -0.39 is 6.04 Å². The molecule has 0 aliphatic rings. The first-order chi connectivity index (χ1) is 13.9. The maximum Gasteiger partial charge on any atom is 0.261 e. The summed E-state index contributed by atoms with van der Waals surface area (Å²) >= 11 is 6.09. The SMILES string of the molecule is CCCCNC(=O)[C@H](C)N(Cc1cccc(Cl)c1)C(=O)COc1ccccc1C. The van der Waals surface area contributed by atoms with Gasteiger partial charge in [-0.25, -0.2) is 0 Å². The van der Waals surface area contributed by atoms with E-state index in [0.29, 0.717) is 17.3 Å². The van der Waals surface area contributed by atoms with Crippen molar-refractivity contribution < 1.29 is 14.3 Å². The molecule has 2 aromatic rings. The van der Waals surface area contributed by atoms with Gasteiger partial charge < -0.3 is 15.0 Å². The van der Waals surface area contributed by atoms with Crippen molar-refractivity contribution in [1.82, 2.24) is 10.2 Å². The predicted octanol–water partition coefficient (Wildman–Crippen LogP) is 4.36. The minimum absolute atomic E-state index is 0.141. The summed E-state index contributed by atoms with van der Waals surface area (Å²) < 4.78 is 5.72. The fraction of sp³-hybridized carbons (Fsp3) is 0.391. The second-order valence-electron chi connectivity index (χ2n) is 7.03. The van der Waals surface area contributed by atoms with E-state index in [1.54, 1.807) is 19.1 Å². The smallest absolute Gasteiger partial charge is 0.261 e. The predicted molar refractivity (Wildman–Crippen MR) is 116 cm³/mol. The molecule has 0 spiro atoms. The molecule has 0 bridgehead atoms. The van der Waals surface area contributed by atoms with Crippen LogP contribution in [0.2, 0.25) is 5.02 Å². The molecule has 0 saturated carbocycles. The lowest BCUT2D eigenvalue weighted by Crippen LogP contribution is -2.49. The number of halogens is 1. The van der Waals surface area contributed by atoms with E-state index in [2.05, 4.69) is 12.2 Å². The van der Waals surface area contributed by atoms with Gasteiger partial charge in [-0.2, -0.15) is 0 Å². The highest BCUT2D eigenvalue weighted by Crippen LogP contribution is 2.18. The van der Waals surface area contributed by atoms with Crippen LogP contribution in [0.1, 0.15) is 37.8 Å². The largest absolute Gasteiger partial charge is 0.484 e. The van der Waals surface area contributed by atoms with Gasteiger partial charge in [-0.1, -0.05) is 55.3 Å². The summed E-state index contributed by atoms with van der Waals surface area (Å²) in [5, 5.41) is 3.49. The average molecular weight is 417 g/mol. The third-order valence-electron chi connectivity index (χ3n) is 4.68. The maximum absolute atomic E-state index is 13.0. The third-order valence-corrected chi connectivity index (χ3v) is 4.92. The molecule has 5 nitrogen and oxygen atoms in total. The van der Waals surface area contributed by atoms with Crippen molar-refractivity contribution in [2.24, 2.45) is 0 Å². The van der Waals surface area contributed by atoms with Gasteiger partial charge in [0.25, 0.3) is 5.91 Å². The quantitative estimate of drug-likeness (QED) is 0.585. The number of nitrogens with one attached hydrogen (secondary N) is 1. The zero-order chi connectivity index (χ0) is 21.2. The van der Waals surface area contributed by atoms with Crippen molar-refractivity contribution in [2.75, 3.05) is 13.2 Å². The van der Waals surface area contributed by atoms with Crippen molar-refractivity contribution in [3.63, 3.8) is 0 Å². The van der Waals surface area contributed by atoms with Gasteiger partial charge in [0, 0.05) is 18.1 Å². The van der Waals surface area contributed by atoms with Crippen LogP contribution in [0.4, 0.5) is 0 Å². The summed E-state index contributed by atoms with van der Waals surface area (Å²) in [5.74, 6) is 0.222. The Balaban J connectivity index is 2.12. The van der Waals surface area contributed by atoms with Crippen LogP contribution in [0.15, 0.2) is 48.5 Å². The van der Waals surface area contributed by atoms with Gasteiger partial charge in [-0.3, -0.25) is 9.59 Å². The lowest BCUT2D eigenvalue weighted by Gasteiger charge is -2.29. The van der Waals surface area contributed by atoms with Crippen molar-refractivity contribution in [3.8, 4) is 5.75 Å². The van der Waals surface area contributed by atoms with Gasteiger partial charge >= 0.3 is 0 Å². The number of benzene rings is 2. The lowest BCUT2D eigenvalue weighted by atomic mass is 10.1. The van der Waals surface area contributed by atoms with Crippen molar-refractivity contribution in [1.29, 1.82) is 0 Å². The van der Waals surface area contributed by atoms with Crippen LogP contribution in [-0.2, 0) is 16.1 Å². The highest BCUT2D eigenvalue weighted by Gasteiger charge is 2.26. The fourth-order valence-electron chi connectivity index (χ4n) is 2.89. The van der Waals surface area contributed by atoms with Crippen LogP contribution in [0.3, 0.4) is 0 Å². The first-order valence-electron chi connectivity index (χ1n) is 9.92. The molecule has 1 N–H and O–H groups in total. The molecule has 29 heavy (non-hydrogen) atoms. The molecule has 0 aliphatic carbocycles.